The summed E-state index contributed by atoms with van der Waals surface area (Å²) in [5.74, 6) is 0.206. The van der Waals surface area contributed by atoms with E-state index in [9.17, 15) is 5.11 Å². The van der Waals surface area contributed by atoms with E-state index in [0.29, 0.717) is 36.8 Å². The van der Waals surface area contributed by atoms with Crippen molar-refractivity contribution in [1.29, 1.82) is 0 Å². The molecule has 3 aliphatic rings. The van der Waals surface area contributed by atoms with Gasteiger partial charge in [0.15, 0.2) is 6.29 Å². The van der Waals surface area contributed by atoms with Gasteiger partial charge in [0, 0.05) is 17.9 Å². The van der Waals surface area contributed by atoms with Crippen LogP contribution in [0.5, 0.6) is 5.75 Å². The molecule has 3 aromatic carbocycles. The molecule has 2 saturated heterocycles. The minimum absolute atomic E-state index is 0.0349. The number of fused-ring (bicyclic) bond motifs is 1. The number of aliphatic hydroxyl groups is 1. The molecule has 2 aliphatic heterocycles. The highest BCUT2D eigenvalue weighted by molar-refractivity contribution is 6.99. The van der Waals surface area contributed by atoms with Crippen LogP contribution in [0.1, 0.15) is 46.5 Å². The van der Waals surface area contributed by atoms with Crippen LogP contribution in [0.4, 0.5) is 0 Å². The number of halogens is 1. The molecule has 1 saturated carbocycles. The minimum Gasteiger partial charge on any atom is -0.488 e. The third kappa shape index (κ3) is 6.32. The predicted octanol–water partition coefficient (Wildman–Crippen LogP) is 5.93. The van der Waals surface area contributed by atoms with E-state index in [2.05, 4.69) is 81.4 Å². The van der Waals surface area contributed by atoms with E-state index in [1.54, 1.807) is 6.07 Å². The summed E-state index contributed by atoms with van der Waals surface area (Å²) in [6.07, 6.45) is 2.02. The Labute approximate surface area is 261 Å². The normalized spacial score (nSPS) is 26.9. The fraction of sp³-hybridized carbons (Fsp3) is 0.486. The summed E-state index contributed by atoms with van der Waals surface area (Å²) in [5.41, 5.74) is 0. The third-order valence-corrected chi connectivity index (χ3v) is 14.7. The van der Waals surface area contributed by atoms with Crippen LogP contribution in [-0.4, -0.2) is 57.5 Å². The van der Waals surface area contributed by atoms with Gasteiger partial charge in [-0.05, 0) is 58.3 Å². The Balaban J connectivity index is 1.30. The van der Waals surface area contributed by atoms with Gasteiger partial charge in [0.05, 0.1) is 25.4 Å². The predicted molar refractivity (Wildman–Crippen MR) is 170 cm³/mol. The number of ether oxygens (including phenoxy) is 4. The molecule has 1 N–H and O–H groups in total. The summed E-state index contributed by atoms with van der Waals surface area (Å²) in [5, 5.41) is 13.5. The standard InChI is InChI=1S/C35H43ClO6Si/c1-34(2,3)43(27-13-6-4-7-14-27,28-15-8-5-9-16-28)42-32-23-31-30(22-33(37)41-31)29(32)17-18-35(39-19-20-40-35)24-38-26-12-10-11-25(36)21-26/h4-16,21,29-33,37H,17-20,22-24H2,1-3H3/t29-,30-,31+,32-,33?/m1/s1. The highest BCUT2D eigenvalue weighted by Gasteiger charge is 2.57. The first kappa shape index (κ1) is 30.8. The van der Waals surface area contributed by atoms with Gasteiger partial charge >= 0.3 is 0 Å². The van der Waals surface area contributed by atoms with Crippen LogP contribution >= 0.6 is 11.6 Å². The van der Waals surface area contributed by atoms with Crippen molar-refractivity contribution >= 4 is 30.3 Å². The molecule has 0 radical (unpaired) electrons. The van der Waals surface area contributed by atoms with Crippen LogP contribution in [0, 0.1) is 11.8 Å². The van der Waals surface area contributed by atoms with Crippen LogP contribution in [0.2, 0.25) is 10.1 Å². The zero-order chi connectivity index (χ0) is 30.1. The lowest BCUT2D eigenvalue weighted by atomic mass is 9.86. The monoisotopic (exact) mass is 622 g/mol. The zero-order valence-electron chi connectivity index (χ0n) is 25.3. The second-order valence-corrected chi connectivity index (χ2v) is 17.8. The summed E-state index contributed by atoms with van der Waals surface area (Å²) in [4.78, 5) is 0. The molecule has 5 atom stereocenters. The van der Waals surface area contributed by atoms with Crippen molar-refractivity contribution in [2.45, 2.75) is 75.8 Å². The molecule has 6 nitrogen and oxygen atoms in total. The molecule has 43 heavy (non-hydrogen) atoms. The van der Waals surface area contributed by atoms with E-state index < -0.39 is 20.4 Å². The van der Waals surface area contributed by atoms with Gasteiger partial charge in [-0.2, -0.15) is 0 Å². The van der Waals surface area contributed by atoms with Crippen molar-refractivity contribution in [2.75, 3.05) is 19.8 Å². The molecular formula is C35H43ClO6Si. The molecule has 2 heterocycles. The number of rotatable bonds is 10. The van der Waals surface area contributed by atoms with Crippen LogP contribution in [0.15, 0.2) is 84.9 Å². The molecule has 6 rings (SSSR count). The second kappa shape index (κ2) is 12.6. The van der Waals surface area contributed by atoms with Gasteiger partial charge in [-0.25, -0.2) is 0 Å². The Bertz CT molecular complexity index is 1300. The molecule has 0 spiro atoms. The molecule has 8 heteroatoms. The van der Waals surface area contributed by atoms with E-state index in [0.717, 1.165) is 12.8 Å². The van der Waals surface area contributed by atoms with Crippen molar-refractivity contribution < 1.29 is 28.5 Å². The number of benzene rings is 3. The Kier molecular flexibility index (Phi) is 9.05. The summed E-state index contributed by atoms with van der Waals surface area (Å²) in [7, 11) is -2.78. The fourth-order valence-corrected chi connectivity index (χ4v) is 12.4. The first-order chi connectivity index (χ1) is 20.7. The van der Waals surface area contributed by atoms with E-state index >= 15 is 0 Å². The van der Waals surface area contributed by atoms with Gasteiger partial charge in [0.25, 0.3) is 8.32 Å². The van der Waals surface area contributed by atoms with E-state index in [4.69, 9.17) is 35.0 Å². The lowest BCUT2D eigenvalue weighted by molar-refractivity contribution is -0.184. The maximum atomic E-state index is 10.5. The van der Waals surface area contributed by atoms with Crippen molar-refractivity contribution in [2.24, 2.45) is 11.8 Å². The average Bonchev–Trinajstić information content (AvgIpc) is 3.69. The summed E-state index contributed by atoms with van der Waals surface area (Å²) in [6.45, 7) is 8.26. The maximum absolute atomic E-state index is 10.5. The highest BCUT2D eigenvalue weighted by Crippen LogP contribution is 2.49. The van der Waals surface area contributed by atoms with Crippen molar-refractivity contribution in [3.63, 3.8) is 0 Å². The average molecular weight is 623 g/mol. The van der Waals surface area contributed by atoms with E-state index in [1.807, 2.05) is 18.2 Å². The third-order valence-electron chi connectivity index (χ3n) is 9.45. The van der Waals surface area contributed by atoms with Crippen LogP contribution in [-0.2, 0) is 18.6 Å². The van der Waals surface area contributed by atoms with Crippen LogP contribution < -0.4 is 15.1 Å². The Morgan fingerprint density at radius 2 is 1.56 bits per heavy atom. The highest BCUT2D eigenvalue weighted by atomic mass is 35.5. The van der Waals surface area contributed by atoms with Gasteiger partial charge in [-0.1, -0.05) is 99.1 Å². The van der Waals surface area contributed by atoms with Gasteiger partial charge in [-0.3, -0.25) is 0 Å². The number of hydrogen-bond acceptors (Lipinski definition) is 6. The Hall–Kier alpha value is -2.23. The lowest BCUT2D eigenvalue weighted by Crippen LogP contribution is -2.68. The largest absolute Gasteiger partial charge is 0.488 e. The smallest absolute Gasteiger partial charge is 0.261 e. The number of aliphatic hydroxyl groups excluding tert-OH is 1. The molecule has 0 bridgehead atoms. The number of hydrogen-bond donors (Lipinski definition) is 1. The van der Waals surface area contributed by atoms with Gasteiger partial charge in [0.1, 0.15) is 12.4 Å². The molecule has 230 valence electrons. The Morgan fingerprint density at radius 1 is 0.907 bits per heavy atom. The van der Waals surface area contributed by atoms with Crippen molar-refractivity contribution in [3.05, 3.63) is 90.0 Å². The maximum Gasteiger partial charge on any atom is 0.261 e. The SMILES string of the molecule is CC(C)(C)[Si](O[C@@H]1C[C@@H]2OC(O)C[C@@H]2[C@H]1CCC1(COc2cccc(Cl)c2)OCCO1)(c1ccccc1)c1ccccc1. The molecular weight excluding hydrogens is 580 g/mol. The Morgan fingerprint density at radius 3 is 2.16 bits per heavy atom. The topological polar surface area (TPSA) is 66.4 Å². The molecule has 3 fully saturated rings. The molecule has 3 aromatic rings. The summed E-state index contributed by atoms with van der Waals surface area (Å²) < 4.78 is 32.3. The first-order valence-corrected chi connectivity index (χ1v) is 17.8. The van der Waals surface area contributed by atoms with Gasteiger partial charge in [0.2, 0.25) is 5.79 Å². The van der Waals surface area contributed by atoms with Crippen LogP contribution in [0.25, 0.3) is 0 Å². The minimum atomic E-state index is -2.78. The quantitative estimate of drug-likeness (QED) is 0.283. The molecule has 0 amide bonds. The second-order valence-electron chi connectivity index (χ2n) is 13.1. The van der Waals surface area contributed by atoms with Crippen molar-refractivity contribution in [3.8, 4) is 5.75 Å². The van der Waals surface area contributed by atoms with E-state index in [1.165, 1.54) is 10.4 Å². The molecule has 0 aromatic heterocycles. The first-order valence-electron chi connectivity index (χ1n) is 15.5. The fourth-order valence-electron chi connectivity index (χ4n) is 7.49. The zero-order valence-corrected chi connectivity index (χ0v) is 27.0. The van der Waals surface area contributed by atoms with Gasteiger partial charge < -0.3 is 28.5 Å². The summed E-state index contributed by atoms with van der Waals surface area (Å²) >= 11 is 6.19. The van der Waals surface area contributed by atoms with Crippen molar-refractivity contribution in [1.82, 2.24) is 0 Å². The molecule has 1 aliphatic carbocycles. The molecule has 1 unspecified atom stereocenters. The summed E-state index contributed by atoms with van der Waals surface area (Å²) in [6, 6.07) is 28.9. The van der Waals surface area contributed by atoms with Gasteiger partial charge in [-0.15, -0.1) is 0 Å². The van der Waals surface area contributed by atoms with E-state index in [-0.39, 0.29) is 35.7 Å². The van der Waals surface area contributed by atoms with Crippen LogP contribution in [0.3, 0.4) is 0 Å². The lowest BCUT2D eigenvalue weighted by Gasteiger charge is -2.46.